The van der Waals surface area contributed by atoms with Gasteiger partial charge in [-0.3, -0.25) is 0 Å². The van der Waals surface area contributed by atoms with Crippen molar-refractivity contribution in [3.8, 4) is 0 Å². The Morgan fingerprint density at radius 2 is 1.80 bits per heavy atom. The van der Waals surface area contributed by atoms with Crippen LogP contribution in [-0.4, -0.2) is 108 Å². The third-order valence-electron chi connectivity index (χ3n) is 11.1. The minimum absolute atomic E-state index is 0.0139. The van der Waals surface area contributed by atoms with E-state index in [9.17, 15) is 19.8 Å². The molecule has 0 amide bonds. The summed E-state index contributed by atoms with van der Waals surface area (Å²) < 4.78 is 42.6. The van der Waals surface area contributed by atoms with Crippen LogP contribution in [-0.2, 0) is 42.7 Å². The molecule has 4 saturated heterocycles. The molecule has 0 aromatic carbocycles. The summed E-state index contributed by atoms with van der Waals surface area (Å²) >= 11 is 0. The molecule has 11 heteroatoms. The maximum absolute atomic E-state index is 13.4. The minimum Gasteiger partial charge on any atom is -0.463 e. The molecule has 0 aromatic heterocycles. The van der Waals surface area contributed by atoms with Gasteiger partial charge in [-0.1, -0.05) is 25.2 Å². The van der Waals surface area contributed by atoms with Gasteiger partial charge in [0, 0.05) is 17.9 Å². The molecule has 2 bridgehead atoms. The van der Waals surface area contributed by atoms with Gasteiger partial charge in [0.15, 0.2) is 6.10 Å². The Morgan fingerprint density at radius 3 is 2.52 bits per heavy atom. The zero-order valence-electron chi connectivity index (χ0n) is 23.2. The van der Waals surface area contributed by atoms with Crippen LogP contribution in [0.15, 0.2) is 24.3 Å². The Bertz CT molecular complexity index is 1160. The van der Waals surface area contributed by atoms with Crippen molar-refractivity contribution >= 4 is 11.9 Å². The first-order valence-electron chi connectivity index (χ1n) is 14.3. The van der Waals surface area contributed by atoms with E-state index in [2.05, 4.69) is 13.8 Å². The first-order valence-corrected chi connectivity index (χ1v) is 14.3. The van der Waals surface area contributed by atoms with Crippen molar-refractivity contribution in [1.82, 2.24) is 0 Å². The predicted molar refractivity (Wildman–Crippen MR) is 135 cm³/mol. The quantitative estimate of drug-likeness (QED) is 0.344. The lowest BCUT2D eigenvalue weighted by molar-refractivity contribution is -0.251. The molecule has 11 nitrogen and oxygen atoms in total. The number of fused-ring (bicyclic) bond motifs is 3. The number of cyclic esters (lactones) is 1. The van der Waals surface area contributed by atoms with Gasteiger partial charge in [-0.25, -0.2) is 9.59 Å². The Hall–Kier alpha value is -1.86. The maximum atomic E-state index is 13.4. The van der Waals surface area contributed by atoms with E-state index in [1.54, 1.807) is 26.0 Å². The average Bonchev–Trinajstić information content (AvgIpc) is 3.81. The van der Waals surface area contributed by atoms with Crippen LogP contribution in [0.4, 0.5) is 0 Å². The van der Waals surface area contributed by atoms with Crippen LogP contribution in [0.5, 0.6) is 0 Å². The van der Waals surface area contributed by atoms with Crippen molar-refractivity contribution in [1.29, 1.82) is 0 Å². The van der Waals surface area contributed by atoms with Gasteiger partial charge in [0.25, 0.3) is 0 Å². The van der Waals surface area contributed by atoms with Crippen LogP contribution in [0.3, 0.4) is 0 Å². The van der Waals surface area contributed by atoms with Crippen molar-refractivity contribution in [2.24, 2.45) is 10.8 Å². The minimum atomic E-state index is -1.18. The first kappa shape index (κ1) is 27.0. The molecule has 2 aliphatic carbocycles. The molecule has 40 heavy (non-hydrogen) atoms. The third-order valence-corrected chi connectivity index (χ3v) is 11.1. The number of hydrogen-bond donors (Lipinski definition) is 2. The summed E-state index contributed by atoms with van der Waals surface area (Å²) in [6, 6.07) is 0. The normalized spacial score (nSPS) is 55.6. The molecule has 1 unspecified atom stereocenters. The van der Waals surface area contributed by atoms with Crippen molar-refractivity contribution in [2.45, 2.75) is 113 Å². The predicted octanol–water partition coefficient (Wildman–Crippen LogP) is 0.736. The summed E-state index contributed by atoms with van der Waals surface area (Å²) in [6.07, 6.45) is 2.83. The molecule has 6 fully saturated rings. The van der Waals surface area contributed by atoms with E-state index in [-0.39, 0.29) is 37.1 Å². The number of esters is 2. The van der Waals surface area contributed by atoms with E-state index in [0.29, 0.717) is 19.4 Å². The Morgan fingerprint density at radius 1 is 1.02 bits per heavy atom. The molecule has 7 aliphatic rings. The molecule has 13 atom stereocenters. The summed E-state index contributed by atoms with van der Waals surface area (Å²) in [7, 11) is 0. The van der Waals surface area contributed by atoms with E-state index >= 15 is 0 Å². The van der Waals surface area contributed by atoms with Crippen LogP contribution in [0.1, 0.15) is 47.0 Å². The highest BCUT2D eigenvalue weighted by Gasteiger charge is 2.86. The number of carbonyl (C=O) groups excluding carboxylic acids is 2. The van der Waals surface area contributed by atoms with E-state index in [0.717, 1.165) is 6.42 Å². The first-order chi connectivity index (χ1) is 18.9. The number of aliphatic hydroxyl groups is 2. The van der Waals surface area contributed by atoms with Crippen LogP contribution in [0, 0.1) is 10.8 Å². The van der Waals surface area contributed by atoms with Gasteiger partial charge in [-0.2, -0.15) is 0 Å². The zero-order chi connectivity index (χ0) is 28.3. The molecule has 0 radical (unpaired) electrons. The van der Waals surface area contributed by atoms with Crippen LogP contribution >= 0.6 is 0 Å². The van der Waals surface area contributed by atoms with Gasteiger partial charge in [-0.15, -0.1) is 0 Å². The second kappa shape index (κ2) is 8.59. The molecule has 2 spiro atoms. The second-order valence-corrected chi connectivity index (χ2v) is 13.2. The van der Waals surface area contributed by atoms with E-state index in [1.165, 1.54) is 12.2 Å². The lowest BCUT2D eigenvalue weighted by Crippen LogP contribution is -2.69. The van der Waals surface area contributed by atoms with Gasteiger partial charge >= 0.3 is 11.9 Å². The summed E-state index contributed by atoms with van der Waals surface area (Å²) in [5.74, 6) is -1.10. The van der Waals surface area contributed by atoms with Crippen molar-refractivity contribution in [2.75, 3.05) is 19.8 Å². The molecule has 0 aromatic rings. The van der Waals surface area contributed by atoms with Crippen LogP contribution in [0.2, 0.25) is 0 Å². The Balaban J connectivity index is 1.25. The SMILES string of the molecule is C[C@H](O)[C@H]1C=CC=CC(=O)O[C@@H]2C[C@H]3O[C@@H]4[C@@H]5O[C@]5(C)CCC4(COC(=O)[C@H]4O[C@]4(C)[C@@H](O)CO1)[C@]2(C)[C@]31CO1. The number of allylic oxidation sites excluding steroid dienone is 2. The fourth-order valence-electron chi connectivity index (χ4n) is 8.09. The topological polar surface area (TPSA) is 149 Å². The van der Waals surface area contributed by atoms with Crippen molar-refractivity contribution in [3.63, 3.8) is 0 Å². The van der Waals surface area contributed by atoms with E-state index in [1.807, 2.05) is 0 Å². The lowest BCUT2D eigenvalue weighted by atomic mass is 9.50. The second-order valence-electron chi connectivity index (χ2n) is 13.2. The number of carbonyl (C=O) groups is 2. The highest BCUT2D eigenvalue weighted by atomic mass is 16.7. The number of hydrogen-bond acceptors (Lipinski definition) is 11. The molecular formula is C29H38O11. The fraction of sp³-hybridized carbons (Fsp3) is 0.793. The Kier molecular flexibility index (Phi) is 5.80. The molecule has 7 rings (SSSR count). The number of rotatable bonds is 1. The van der Waals surface area contributed by atoms with Gasteiger partial charge in [0.05, 0.1) is 42.5 Å². The zero-order valence-corrected chi connectivity index (χ0v) is 23.2. The molecule has 5 aliphatic heterocycles. The molecular weight excluding hydrogens is 524 g/mol. The summed E-state index contributed by atoms with van der Waals surface area (Å²) in [5.41, 5.74) is -3.54. The van der Waals surface area contributed by atoms with Gasteiger partial charge < -0.3 is 43.4 Å². The van der Waals surface area contributed by atoms with E-state index in [4.69, 9.17) is 33.2 Å². The molecule has 2 saturated carbocycles. The summed E-state index contributed by atoms with van der Waals surface area (Å²) in [4.78, 5) is 26.4. The van der Waals surface area contributed by atoms with Gasteiger partial charge in [0.1, 0.15) is 42.2 Å². The Labute approximate surface area is 232 Å². The number of aliphatic hydroxyl groups excluding tert-OH is 2. The highest BCUT2D eigenvalue weighted by Crippen LogP contribution is 2.75. The van der Waals surface area contributed by atoms with Crippen LogP contribution in [0.25, 0.3) is 0 Å². The number of ether oxygens (including phenoxy) is 7. The monoisotopic (exact) mass is 562 g/mol. The molecule has 220 valence electrons. The van der Waals surface area contributed by atoms with E-state index < -0.39 is 64.5 Å². The summed E-state index contributed by atoms with van der Waals surface area (Å²) in [6.45, 7) is 7.67. The lowest BCUT2D eigenvalue weighted by Gasteiger charge is -2.58. The van der Waals surface area contributed by atoms with Gasteiger partial charge in [0.2, 0.25) is 0 Å². The highest BCUT2D eigenvalue weighted by molar-refractivity contribution is 5.82. The third kappa shape index (κ3) is 3.55. The maximum Gasteiger partial charge on any atom is 0.338 e. The molecule has 5 heterocycles. The number of epoxide rings is 3. The standard InChI is InChI=1S/C29H38O11/c1-15(30)16-7-5-6-8-20(32)37-18-11-19-29(14-36-29)27(18,4)28(10-9-25(2)21(39-25)22(28)38-19)13-35-24(33)23-26(3,40-23)17(31)12-34-16/h5-8,15-19,21-23,30-31H,9-14H2,1-4H3/t15-,16+,17-,18+,19+,21-,22+,23+,25+,26+,27+,28?,29-/m0/s1. The van der Waals surface area contributed by atoms with Crippen molar-refractivity contribution < 1.29 is 53.0 Å². The van der Waals surface area contributed by atoms with Crippen molar-refractivity contribution in [3.05, 3.63) is 24.3 Å². The largest absolute Gasteiger partial charge is 0.463 e. The molecule has 2 N–H and O–H groups in total. The van der Waals surface area contributed by atoms with Crippen LogP contribution < -0.4 is 0 Å². The smallest absolute Gasteiger partial charge is 0.338 e. The van der Waals surface area contributed by atoms with Gasteiger partial charge in [-0.05, 0) is 33.6 Å². The summed E-state index contributed by atoms with van der Waals surface area (Å²) in [5, 5.41) is 20.9. The fourth-order valence-corrected chi connectivity index (χ4v) is 8.09. The average molecular weight is 563 g/mol.